The summed E-state index contributed by atoms with van der Waals surface area (Å²) >= 11 is 0. The van der Waals surface area contributed by atoms with Crippen molar-refractivity contribution in [3.8, 4) is 0 Å². The molecule has 25 heavy (non-hydrogen) atoms. The quantitative estimate of drug-likeness (QED) is 0.311. The van der Waals surface area contributed by atoms with Crippen LogP contribution in [0.15, 0.2) is 4.99 Å². The molecule has 0 spiro atoms. The van der Waals surface area contributed by atoms with Crippen LogP contribution in [0.3, 0.4) is 0 Å². The summed E-state index contributed by atoms with van der Waals surface area (Å²) in [5.74, 6) is 1.89. The molecule has 0 radical (unpaired) electrons. The molecule has 5 nitrogen and oxygen atoms in total. The van der Waals surface area contributed by atoms with Crippen LogP contribution in [0.2, 0.25) is 0 Å². The van der Waals surface area contributed by atoms with Crippen molar-refractivity contribution in [2.75, 3.05) is 32.8 Å². The van der Waals surface area contributed by atoms with Crippen LogP contribution in [0.4, 0.5) is 0 Å². The minimum absolute atomic E-state index is 0. The van der Waals surface area contributed by atoms with Crippen molar-refractivity contribution in [1.82, 2.24) is 15.5 Å². The van der Waals surface area contributed by atoms with E-state index in [2.05, 4.69) is 48.2 Å². The zero-order valence-corrected chi connectivity index (χ0v) is 18.9. The molecule has 2 N–H and O–H groups in total. The van der Waals surface area contributed by atoms with Gasteiger partial charge in [-0.15, -0.1) is 24.0 Å². The van der Waals surface area contributed by atoms with Crippen molar-refractivity contribution in [3.05, 3.63) is 0 Å². The monoisotopic (exact) mass is 466 g/mol. The van der Waals surface area contributed by atoms with E-state index < -0.39 is 0 Å². The third-order valence-corrected chi connectivity index (χ3v) is 5.01. The van der Waals surface area contributed by atoms with Gasteiger partial charge >= 0.3 is 0 Å². The Balaban J connectivity index is 0.00000312. The number of ether oxygens (including phenoxy) is 1. The minimum Gasteiger partial charge on any atom is -0.377 e. The van der Waals surface area contributed by atoms with Crippen molar-refractivity contribution < 1.29 is 4.74 Å². The third kappa shape index (κ3) is 8.91. The molecule has 2 unspecified atom stereocenters. The Morgan fingerprint density at radius 1 is 1.20 bits per heavy atom. The molecule has 0 amide bonds. The van der Waals surface area contributed by atoms with E-state index in [4.69, 9.17) is 4.74 Å². The van der Waals surface area contributed by atoms with E-state index in [0.717, 1.165) is 44.7 Å². The van der Waals surface area contributed by atoms with Crippen LogP contribution in [0, 0.1) is 5.92 Å². The predicted octanol–water partition coefficient (Wildman–Crippen LogP) is 3.24. The number of aliphatic imine (C=N–C) groups is 1. The fourth-order valence-electron chi connectivity index (χ4n) is 3.49. The number of guanidine groups is 1. The van der Waals surface area contributed by atoms with E-state index in [0.29, 0.717) is 18.2 Å². The van der Waals surface area contributed by atoms with Crippen LogP contribution in [-0.4, -0.2) is 61.8 Å². The number of likely N-dealkylation sites (tertiary alicyclic amines) is 1. The molecule has 2 rings (SSSR count). The van der Waals surface area contributed by atoms with Crippen molar-refractivity contribution in [1.29, 1.82) is 0 Å². The number of hydrogen-bond acceptors (Lipinski definition) is 3. The lowest BCUT2D eigenvalue weighted by atomic mass is 10.1. The van der Waals surface area contributed by atoms with Crippen LogP contribution in [0.25, 0.3) is 0 Å². The summed E-state index contributed by atoms with van der Waals surface area (Å²) in [6, 6.07) is 1.20. The topological polar surface area (TPSA) is 48.9 Å². The van der Waals surface area contributed by atoms with Crippen molar-refractivity contribution >= 4 is 29.9 Å². The Labute approximate surface area is 171 Å². The maximum absolute atomic E-state index is 5.66. The Morgan fingerprint density at radius 3 is 2.52 bits per heavy atom. The van der Waals surface area contributed by atoms with E-state index >= 15 is 0 Å². The second-order valence-corrected chi connectivity index (χ2v) is 7.54. The third-order valence-electron chi connectivity index (χ3n) is 5.01. The molecule has 1 aliphatic heterocycles. The van der Waals surface area contributed by atoms with E-state index in [9.17, 15) is 0 Å². The summed E-state index contributed by atoms with van der Waals surface area (Å²) in [6.07, 6.45) is 6.65. The normalized spacial score (nSPS) is 24.9. The fraction of sp³-hybridized carbons (Fsp3) is 0.947. The molecule has 6 heteroatoms. The molecule has 0 aromatic rings. The summed E-state index contributed by atoms with van der Waals surface area (Å²) in [7, 11) is 0. The first-order valence-electron chi connectivity index (χ1n) is 10.0. The highest BCUT2D eigenvalue weighted by Gasteiger charge is 2.36. The maximum Gasteiger partial charge on any atom is 0.191 e. The lowest BCUT2D eigenvalue weighted by Gasteiger charge is -2.33. The highest BCUT2D eigenvalue weighted by molar-refractivity contribution is 14.0. The van der Waals surface area contributed by atoms with Crippen LogP contribution >= 0.6 is 24.0 Å². The number of piperidine rings is 1. The van der Waals surface area contributed by atoms with Crippen molar-refractivity contribution in [2.45, 2.75) is 78.0 Å². The summed E-state index contributed by atoms with van der Waals surface area (Å²) in [6.45, 7) is 13.6. The van der Waals surface area contributed by atoms with Gasteiger partial charge in [-0.05, 0) is 52.4 Å². The lowest BCUT2D eigenvalue weighted by molar-refractivity contribution is 0.0532. The summed E-state index contributed by atoms with van der Waals surface area (Å²) < 4.78 is 5.66. The zero-order chi connectivity index (χ0) is 17.4. The summed E-state index contributed by atoms with van der Waals surface area (Å²) in [4.78, 5) is 7.16. The highest BCUT2D eigenvalue weighted by Crippen LogP contribution is 2.34. The second-order valence-electron chi connectivity index (χ2n) is 7.54. The molecule has 0 aromatic carbocycles. The van der Waals surface area contributed by atoms with Gasteiger partial charge in [0, 0.05) is 38.3 Å². The van der Waals surface area contributed by atoms with E-state index in [1.54, 1.807) is 0 Å². The van der Waals surface area contributed by atoms with E-state index in [1.165, 1.54) is 32.1 Å². The average Bonchev–Trinajstić information content (AvgIpc) is 3.27. The van der Waals surface area contributed by atoms with Gasteiger partial charge in [0.05, 0.1) is 12.7 Å². The molecular formula is C19H39IN4O. The maximum atomic E-state index is 5.66. The van der Waals surface area contributed by atoms with Crippen molar-refractivity contribution in [3.63, 3.8) is 0 Å². The van der Waals surface area contributed by atoms with E-state index in [1.807, 2.05) is 0 Å². The van der Waals surface area contributed by atoms with Gasteiger partial charge in [-0.3, -0.25) is 4.99 Å². The largest absolute Gasteiger partial charge is 0.377 e. The smallest absolute Gasteiger partial charge is 0.191 e. The second kappa shape index (κ2) is 12.3. The Morgan fingerprint density at radius 2 is 1.92 bits per heavy atom. The first kappa shape index (κ1) is 23.0. The van der Waals surface area contributed by atoms with Gasteiger partial charge in [0.15, 0.2) is 5.96 Å². The fourth-order valence-corrected chi connectivity index (χ4v) is 3.49. The first-order chi connectivity index (χ1) is 11.6. The Bertz CT molecular complexity index is 384. The predicted molar refractivity (Wildman–Crippen MR) is 117 cm³/mol. The molecule has 1 saturated heterocycles. The van der Waals surface area contributed by atoms with Crippen molar-refractivity contribution in [2.24, 2.45) is 10.9 Å². The Kier molecular flexibility index (Phi) is 11.3. The van der Waals surface area contributed by atoms with Gasteiger partial charge < -0.3 is 20.3 Å². The van der Waals surface area contributed by atoms with E-state index in [-0.39, 0.29) is 24.0 Å². The zero-order valence-electron chi connectivity index (χ0n) is 16.6. The molecule has 2 fully saturated rings. The van der Waals surface area contributed by atoms with Gasteiger partial charge in [0.25, 0.3) is 0 Å². The average molecular weight is 466 g/mol. The number of rotatable bonds is 9. The SMILES string of the molecule is CCCC1CC1NC(=NCC)NC1CCN(CCOC(C)C)CC1.I. The number of halogens is 1. The highest BCUT2D eigenvalue weighted by atomic mass is 127. The van der Waals surface area contributed by atoms with Crippen LogP contribution in [0.5, 0.6) is 0 Å². The number of nitrogens with one attached hydrogen (secondary N) is 2. The van der Waals surface area contributed by atoms with Crippen LogP contribution in [-0.2, 0) is 4.74 Å². The number of nitrogens with zero attached hydrogens (tertiary/aromatic N) is 2. The van der Waals surface area contributed by atoms with Gasteiger partial charge in [-0.1, -0.05) is 13.3 Å². The molecule has 0 aromatic heterocycles. The van der Waals surface area contributed by atoms with Gasteiger partial charge in [-0.25, -0.2) is 0 Å². The molecule has 148 valence electrons. The summed E-state index contributed by atoms with van der Waals surface area (Å²) in [5, 5.41) is 7.30. The van der Waals surface area contributed by atoms with Gasteiger partial charge in [0.1, 0.15) is 0 Å². The molecule has 1 heterocycles. The van der Waals surface area contributed by atoms with Crippen LogP contribution < -0.4 is 10.6 Å². The van der Waals surface area contributed by atoms with Gasteiger partial charge in [0.2, 0.25) is 0 Å². The molecule has 1 saturated carbocycles. The minimum atomic E-state index is 0. The number of hydrogen-bond donors (Lipinski definition) is 2. The Hall–Kier alpha value is -0.0800. The molecule has 2 atom stereocenters. The summed E-state index contributed by atoms with van der Waals surface area (Å²) in [5.41, 5.74) is 0. The molecular weight excluding hydrogens is 427 g/mol. The molecule has 0 bridgehead atoms. The lowest BCUT2D eigenvalue weighted by Crippen LogP contribution is -2.49. The van der Waals surface area contributed by atoms with Gasteiger partial charge in [-0.2, -0.15) is 0 Å². The first-order valence-corrected chi connectivity index (χ1v) is 10.0. The standard InChI is InChI=1S/C19H38N4O.HI/c1-5-7-16-14-18(16)22-19(20-6-2)21-17-8-10-23(11-9-17)12-13-24-15(3)4;/h15-18H,5-14H2,1-4H3,(H2,20,21,22);1H. The molecule has 2 aliphatic rings. The van der Waals surface area contributed by atoms with Crippen LogP contribution in [0.1, 0.15) is 59.8 Å². The molecule has 1 aliphatic carbocycles.